The topological polar surface area (TPSA) is 29.9 Å². The van der Waals surface area contributed by atoms with Gasteiger partial charge in [0.05, 0.1) is 12.2 Å². The molecule has 0 saturated carbocycles. The second-order valence-electron chi connectivity index (χ2n) is 4.17. The van der Waals surface area contributed by atoms with E-state index < -0.39 is 0 Å². The Morgan fingerprint density at radius 1 is 1.44 bits per heavy atom. The molecule has 1 unspecified atom stereocenters. The molecular weight excluding hydrogens is 205 g/mol. The molecule has 1 aromatic rings. The first-order chi connectivity index (χ1) is 7.61. The maximum absolute atomic E-state index is 12.3. The summed E-state index contributed by atoms with van der Waals surface area (Å²) >= 11 is 0. The number of nitrogens with one attached hydrogen (secondary N) is 1. The highest BCUT2D eigenvalue weighted by Crippen LogP contribution is 2.21. The van der Waals surface area contributed by atoms with Crippen molar-refractivity contribution >= 4 is 0 Å². The van der Waals surface area contributed by atoms with Crippen LogP contribution < -0.4 is 5.32 Å². The van der Waals surface area contributed by atoms with Gasteiger partial charge in [0, 0.05) is 17.3 Å². The Bertz CT molecular complexity index is 333. The van der Waals surface area contributed by atoms with Crippen molar-refractivity contribution in [1.29, 1.82) is 0 Å². The molecule has 1 rings (SSSR count). The molecule has 16 heavy (non-hydrogen) atoms. The first kappa shape index (κ1) is 13.2. The Hall–Kier alpha value is -0.900. The first-order valence-corrected chi connectivity index (χ1v) is 5.95. The Morgan fingerprint density at radius 3 is 2.69 bits per heavy atom. The van der Waals surface area contributed by atoms with E-state index in [1.807, 2.05) is 13.8 Å². The van der Waals surface area contributed by atoms with Crippen molar-refractivity contribution in [2.24, 2.45) is 0 Å². The van der Waals surface area contributed by atoms with Crippen molar-refractivity contribution in [3.63, 3.8) is 0 Å². The molecule has 0 aliphatic rings. The van der Waals surface area contributed by atoms with Crippen molar-refractivity contribution < 1.29 is 4.39 Å². The van der Waals surface area contributed by atoms with Crippen LogP contribution in [-0.2, 0) is 6.54 Å². The van der Waals surface area contributed by atoms with Crippen LogP contribution in [0.15, 0.2) is 0 Å². The average Bonchev–Trinajstić information content (AvgIpc) is 2.52. The van der Waals surface area contributed by atoms with Crippen molar-refractivity contribution in [3.05, 3.63) is 17.0 Å². The van der Waals surface area contributed by atoms with Gasteiger partial charge >= 0.3 is 0 Å². The predicted octanol–water partition coefficient (Wildman–Crippen LogP) is 2.53. The molecule has 1 atom stereocenters. The molecule has 0 aromatic carbocycles. The number of alkyl halides is 1. The van der Waals surface area contributed by atoms with E-state index in [4.69, 9.17) is 0 Å². The largest absolute Gasteiger partial charge is 0.310 e. The van der Waals surface area contributed by atoms with Gasteiger partial charge < -0.3 is 5.32 Å². The number of halogens is 1. The number of nitrogens with zero attached hydrogens (tertiary/aromatic N) is 2. The average molecular weight is 227 g/mol. The molecule has 1 aromatic heterocycles. The number of hydrogen-bond acceptors (Lipinski definition) is 2. The van der Waals surface area contributed by atoms with Crippen LogP contribution in [0, 0.1) is 13.8 Å². The van der Waals surface area contributed by atoms with E-state index in [1.54, 1.807) is 4.68 Å². The van der Waals surface area contributed by atoms with Crippen molar-refractivity contribution in [2.75, 3.05) is 13.2 Å². The van der Waals surface area contributed by atoms with Crippen LogP contribution >= 0.6 is 0 Å². The van der Waals surface area contributed by atoms with Gasteiger partial charge in [0.1, 0.15) is 6.67 Å². The zero-order chi connectivity index (χ0) is 12.1. The maximum Gasteiger partial charge on any atom is 0.109 e. The second-order valence-corrected chi connectivity index (χ2v) is 4.17. The Labute approximate surface area is 97.0 Å². The van der Waals surface area contributed by atoms with Gasteiger partial charge in [-0.2, -0.15) is 5.10 Å². The van der Waals surface area contributed by atoms with Gasteiger partial charge in [-0.3, -0.25) is 4.68 Å². The zero-order valence-electron chi connectivity index (χ0n) is 10.7. The normalized spacial score (nSPS) is 13.1. The maximum atomic E-state index is 12.3. The minimum atomic E-state index is -0.363. The van der Waals surface area contributed by atoms with E-state index in [9.17, 15) is 4.39 Å². The van der Waals surface area contributed by atoms with E-state index >= 15 is 0 Å². The Morgan fingerprint density at radius 2 is 2.12 bits per heavy atom. The van der Waals surface area contributed by atoms with Crippen LogP contribution in [0.25, 0.3) is 0 Å². The summed E-state index contributed by atoms with van der Waals surface area (Å²) in [6, 6.07) is 0.285. The van der Waals surface area contributed by atoms with Crippen LogP contribution in [0.1, 0.15) is 43.3 Å². The monoisotopic (exact) mass is 227 g/mol. The van der Waals surface area contributed by atoms with Gasteiger partial charge in [0.25, 0.3) is 0 Å². The van der Waals surface area contributed by atoms with E-state index in [0.29, 0.717) is 6.54 Å². The molecule has 0 amide bonds. The lowest BCUT2D eigenvalue weighted by Crippen LogP contribution is -2.20. The lowest BCUT2D eigenvalue weighted by molar-refractivity contribution is 0.421. The summed E-state index contributed by atoms with van der Waals surface area (Å²) in [5.41, 5.74) is 3.29. The van der Waals surface area contributed by atoms with Crippen LogP contribution in [0.4, 0.5) is 4.39 Å². The van der Waals surface area contributed by atoms with E-state index in [1.165, 1.54) is 5.56 Å². The highest BCUT2D eigenvalue weighted by molar-refractivity contribution is 5.27. The summed E-state index contributed by atoms with van der Waals surface area (Å²) in [7, 11) is 0. The second kappa shape index (κ2) is 5.99. The molecule has 0 bridgehead atoms. The molecule has 0 radical (unpaired) electrons. The fraction of sp³-hybridized carbons (Fsp3) is 0.750. The number of rotatable bonds is 6. The molecule has 0 fully saturated rings. The fourth-order valence-electron chi connectivity index (χ4n) is 2.10. The van der Waals surface area contributed by atoms with Gasteiger partial charge in [0.2, 0.25) is 0 Å². The molecule has 92 valence electrons. The molecule has 0 aliphatic heterocycles. The van der Waals surface area contributed by atoms with Crippen LogP contribution in [0.2, 0.25) is 0 Å². The highest BCUT2D eigenvalue weighted by Gasteiger charge is 2.16. The predicted molar refractivity (Wildman–Crippen MR) is 64.4 cm³/mol. The van der Waals surface area contributed by atoms with Crippen LogP contribution in [-0.4, -0.2) is 23.0 Å². The number of aromatic nitrogens is 2. The zero-order valence-corrected chi connectivity index (χ0v) is 10.7. The summed E-state index contributed by atoms with van der Waals surface area (Å²) in [4.78, 5) is 0. The third-order valence-electron chi connectivity index (χ3n) is 2.87. The van der Waals surface area contributed by atoms with Crippen LogP contribution in [0.3, 0.4) is 0 Å². The Kier molecular flexibility index (Phi) is 4.93. The van der Waals surface area contributed by atoms with E-state index in [2.05, 4.69) is 24.3 Å². The van der Waals surface area contributed by atoms with Crippen molar-refractivity contribution in [1.82, 2.24) is 15.1 Å². The summed E-state index contributed by atoms with van der Waals surface area (Å²) in [6.45, 7) is 9.26. The molecule has 0 spiro atoms. The fourth-order valence-corrected chi connectivity index (χ4v) is 2.10. The minimum absolute atomic E-state index is 0.285. The quantitative estimate of drug-likeness (QED) is 0.809. The highest BCUT2D eigenvalue weighted by atomic mass is 19.1. The SMILES string of the molecule is CCCNC(C)c1c(C)nn(CCF)c1C. The van der Waals surface area contributed by atoms with Crippen molar-refractivity contribution in [2.45, 2.75) is 46.7 Å². The molecule has 1 N–H and O–H groups in total. The summed E-state index contributed by atoms with van der Waals surface area (Å²) in [5, 5.41) is 7.80. The van der Waals surface area contributed by atoms with Crippen molar-refractivity contribution in [3.8, 4) is 0 Å². The van der Waals surface area contributed by atoms with Gasteiger partial charge in [-0.05, 0) is 33.7 Å². The molecular formula is C12H22FN3. The first-order valence-electron chi connectivity index (χ1n) is 5.95. The van der Waals surface area contributed by atoms with Crippen LogP contribution in [0.5, 0.6) is 0 Å². The van der Waals surface area contributed by atoms with Gasteiger partial charge in [-0.25, -0.2) is 4.39 Å². The minimum Gasteiger partial charge on any atom is -0.310 e. The molecule has 3 nitrogen and oxygen atoms in total. The molecule has 4 heteroatoms. The number of aryl methyl sites for hydroxylation is 2. The van der Waals surface area contributed by atoms with Gasteiger partial charge in [0.15, 0.2) is 0 Å². The summed E-state index contributed by atoms with van der Waals surface area (Å²) < 4.78 is 14.1. The lowest BCUT2D eigenvalue weighted by Gasteiger charge is -2.14. The third kappa shape index (κ3) is 2.82. The Balaban J connectivity index is 2.86. The summed E-state index contributed by atoms with van der Waals surface area (Å²) in [6.07, 6.45) is 1.11. The summed E-state index contributed by atoms with van der Waals surface area (Å²) in [5.74, 6) is 0. The third-order valence-corrected chi connectivity index (χ3v) is 2.87. The molecule has 1 heterocycles. The number of hydrogen-bond donors (Lipinski definition) is 1. The molecule has 0 saturated heterocycles. The van der Waals surface area contributed by atoms with Gasteiger partial charge in [-0.1, -0.05) is 6.92 Å². The van der Waals surface area contributed by atoms with Gasteiger partial charge in [-0.15, -0.1) is 0 Å². The van der Waals surface area contributed by atoms with E-state index in [-0.39, 0.29) is 12.7 Å². The smallest absolute Gasteiger partial charge is 0.109 e. The molecule has 0 aliphatic carbocycles. The lowest BCUT2D eigenvalue weighted by atomic mass is 10.1. The van der Waals surface area contributed by atoms with E-state index in [0.717, 1.165) is 24.4 Å². The standard InChI is InChI=1S/C12H22FN3/c1-5-7-14-9(2)12-10(3)15-16(8-6-13)11(12)4/h9,14H,5-8H2,1-4H3.